The molecule has 158 valence electrons. The first kappa shape index (κ1) is 21.8. The number of halogens is 2. The Morgan fingerprint density at radius 3 is 2.57 bits per heavy atom. The predicted octanol–water partition coefficient (Wildman–Crippen LogP) is 4.48. The second kappa shape index (κ2) is 9.28. The normalized spacial score (nSPS) is 12.1. The molecule has 1 amide bonds. The molecular formula is C22H23ClFN3O3. The first-order valence-corrected chi connectivity index (χ1v) is 9.70. The van der Waals surface area contributed by atoms with Gasteiger partial charge in [0.1, 0.15) is 28.6 Å². The van der Waals surface area contributed by atoms with Crippen molar-refractivity contribution in [3.05, 3.63) is 70.2 Å². The van der Waals surface area contributed by atoms with E-state index in [1.165, 1.54) is 18.2 Å². The number of carbonyl (C=O) groups is 1. The lowest BCUT2D eigenvalue weighted by Crippen LogP contribution is -2.34. The molecule has 0 aliphatic carbocycles. The fraction of sp³-hybridized carbons (Fsp3) is 0.273. The first-order chi connectivity index (χ1) is 14.3. The molecule has 2 aromatic carbocycles. The van der Waals surface area contributed by atoms with Gasteiger partial charge >= 0.3 is 0 Å². The van der Waals surface area contributed by atoms with E-state index in [2.05, 4.69) is 10.5 Å². The summed E-state index contributed by atoms with van der Waals surface area (Å²) in [6.45, 7) is 1.93. The number of ether oxygens (including phenoxy) is 1. The average molecular weight is 432 g/mol. The topological polar surface area (TPSA) is 67.6 Å². The van der Waals surface area contributed by atoms with E-state index in [4.69, 9.17) is 20.9 Å². The number of hydrogen-bond acceptors (Lipinski definition) is 5. The number of rotatable bonds is 7. The molecule has 6 nitrogen and oxygen atoms in total. The van der Waals surface area contributed by atoms with E-state index in [9.17, 15) is 9.18 Å². The van der Waals surface area contributed by atoms with Gasteiger partial charge in [0.15, 0.2) is 0 Å². The lowest BCUT2D eigenvalue weighted by molar-refractivity contribution is 0.0941. The summed E-state index contributed by atoms with van der Waals surface area (Å²) in [6.07, 6.45) is 0. The van der Waals surface area contributed by atoms with Crippen molar-refractivity contribution < 1.29 is 18.4 Å². The zero-order valence-electron chi connectivity index (χ0n) is 17.2. The van der Waals surface area contributed by atoms with Crippen LogP contribution in [0, 0.1) is 12.7 Å². The average Bonchev–Trinajstić information content (AvgIpc) is 3.09. The maximum Gasteiger partial charge on any atom is 0.257 e. The molecule has 30 heavy (non-hydrogen) atoms. The van der Waals surface area contributed by atoms with Crippen molar-refractivity contribution >= 4 is 17.5 Å². The van der Waals surface area contributed by atoms with Crippen molar-refractivity contribution in [3.8, 4) is 17.0 Å². The van der Waals surface area contributed by atoms with Crippen LogP contribution in [0.1, 0.15) is 27.7 Å². The minimum absolute atomic E-state index is 0.0421. The van der Waals surface area contributed by atoms with E-state index in [0.717, 1.165) is 11.3 Å². The van der Waals surface area contributed by atoms with Crippen molar-refractivity contribution in [2.24, 2.45) is 0 Å². The summed E-state index contributed by atoms with van der Waals surface area (Å²) in [5.41, 5.74) is 1.30. The highest BCUT2D eigenvalue weighted by molar-refractivity contribution is 6.33. The smallest absolute Gasteiger partial charge is 0.257 e. The summed E-state index contributed by atoms with van der Waals surface area (Å²) in [5, 5.41) is 6.94. The number of amides is 1. The fourth-order valence-electron chi connectivity index (χ4n) is 3.24. The van der Waals surface area contributed by atoms with E-state index >= 15 is 0 Å². The Kier molecular flexibility index (Phi) is 6.74. The van der Waals surface area contributed by atoms with Gasteiger partial charge in [0.05, 0.1) is 23.7 Å². The molecule has 8 heteroatoms. The summed E-state index contributed by atoms with van der Waals surface area (Å²) >= 11 is 6.15. The van der Waals surface area contributed by atoms with Crippen LogP contribution in [0.25, 0.3) is 11.3 Å². The number of carbonyl (C=O) groups excluding carboxylic acids is 1. The lowest BCUT2D eigenvalue weighted by atomic mass is 10.0. The second-order valence-electron chi connectivity index (χ2n) is 7.02. The maximum atomic E-state index is 14.4. The molecule has 0 aliphatic rings. The van der Waals surface area contributed by atoms with Crippen LogP contribution in [0.4, 0.5) is 4.39 Å². The van der Waals surface area contributed by atoms with Crippen LogP contribution in [0.2, 0.25) is 5.02 Å². The highest BCUT2D eigenvalue weighted by atomic mass is 35.5. The van der Waals surface area contributed by atoms with Crippen LogP contribution in [0.5, 0.6) is 5.75 Å². The molecule has 0 saturated heterocycles. The van der Waals surface area contributed by atoms with Gasteiger partial charge < -0.3 is 19.5 Å². The third-order valence-corrected chi connectivity index (χ3v) is 5.18. The number of aromatic nitrogens is 1. The monoisotopic (exact) mass is 431 g/mol. The Morgan fingerprint density at radius 1 is 1.27 bits per heavy atom. The third-order valence-electron chi connectivity index (χ3n) is 4.87. The van der Waals surface area contributed by atoms with Crippen molar-refractivity contribution in [2.75, 3.05) is 27.7 Å². The van der Waals surface area contributed by atoms with Crippen molar-refractivity contribution in [1.29, 1.82) is 0 Å². The number of methoxy groups -OCH3 is 1. The SMILES string of the molecule is COc1ccc(C(CNC(=O)c2c(-c3c(F)cccc3Cl)noc2C)N(C)C)cc1. The molecule has 1 aromatic heterocycles. The maximum absolute atomic E-state index is 14.4. The highest BCUT2D eigenvalue weighted by Crippen LogP contribution is 2.33. The minimum atomic E-state index is -0.575. The van der Waals surface area contributed by atoms with E-state index in [1.54, 1.807) is 14.0 Å². The Balaban J connectivity index is 1.84. The quantitative estimate of drug-likeness (QED) is 0.597. The molecule has 0 bridgehead atoms. The van der Waals surface area contributed by atoms with Gasteiger partial charge in [-0.3, -0.25) is 4.79 Å². The Labute approximate surface area is 179 Å². The summed E-state index contributed by atoms with van der Waals surface area (Å²) in [7, 11) is 5.46. The van der Waals surface area contributed by atoms with Crippen LogP contribution in [-0.2, 0) is 0 Å². The summed E-state index contributed by atoms with van der Waals surface area (Å²) in [4.78, 5) is 15.0. The highest BCUT2D eigenvalue weighted by Gasteiger charge is 2.26. The number of nitrogens with zero attached hydrogens (tertiary/aromatic N) is 2. The van der Waals surface area contributed by atoms with Crippen LogP contribution in [-0.4, -0.2) is 43.7 Å². The van der Waals surface area contributed by atoms with E-state index in [0.29, 0.717) is 6.54 Å². The number of likely N-dealkylation sites (N-methyl/N-ethyl adjacent to an activating group) is 1. The molecule has 0 radical (unpaired) electrons. The van der Waals surface area contributed by atoms with Crippen LogP contribution in [0.3, 0.4) is 0 Å². The Hall–Kier alpha value is -2.90. The summed E-state index contributed by atoms with van der Waals surface area (Å²) in [5.74, 6) is 0.0529. The van der Waals surface area contributed by atoms with Crippen molar-refractivity contribution in [2.45, 2.75) is 13.0 Å². The van der Waals surface area contributed by atoms with Gasteiger partial charge in [0.2, 0.25) is 0 Å². The predicted molar refractivity (Wildman–Crippen MR) is 113 cm³/mol. The van der Waals surface area contributed by atoms with Gasteiger partial charge in [-0.2, -0.15) is 0 Å². The van der Waals surface area contributed by atoms with Crippen molar-refractivity contribution in [3.63, 3.8) is 0 Å². The van der Waals surface area contributed by atoms with Crippen molar-refractivity contribution in [1.82, 2.24) is 15.4 Å². The number of nitrogens with one attached hydrogen (secondary N) is 1. The minimum Gasteiger partial charge on any atom is -0.497 e. The van der Waals surface area contributed by atoms with Gasteiger partial charge in [-0.25, -0.2) is 4.39 Å². The number of aryl methyl sites for hydroxylation is 1. The summed E-state index contributed by atoms with van der Waals surface area (Å²) in [6, 6.07) is 11.9. The Bertz CT molecular complexity index is 1010. The molecule has 1 heterocycles. The van der Waals surface area contributed by atoms with Crippen LogP contribution < -0.4 is 10.1 Å². The van der Waals surface area contributed by atoms with Gasteiger partial charge in [0, 0.05) is 6.54 Å². The fourth-order valence-corrected chi connectivity index (χ4v) is 3.49. The molecule has 3 rings (SSSR count). The molecule has 0 fully saturated rings. The molecular weight excluding hydrogens is 409 g/mol. The molecule has 0 aliphatic heterocycles. The second-order valence-corrected chi connectivity index (χ2v) is 7.43. The standard InChI is InChI=1S/C22H23ClFN3O3/c1-13-19(21(26-30-13)20-16(23)6-5-7-17(20)24)22(28)25-12-18(27(2)3)14-8-10-15(29-4)11-9-14/h5-11,18H,12H2,1-4H3,(H,25,28). The molecule has 0 spiro atoms. The van der Waals surface area contributed by atoms with E-state index < -0.39 is 11.7 Å². The molecule has 1 unspecified atom stereocenters. The van der Waals surface area contributed by atoms with Gasteiger partial charge in [-0.1, -0.05) is 35.0 Å². The third kappa shape index (κ3) is 4.47. The number of benzene rings is 2. The summed E-state index contributed by atoms with van der Waals surface area (Å²) < 4.78 is 24.8. The van der Waals surface area contributed by atoms with Crippen LogP contribution in [0.15, 0.2) is 47.0 Å². The van der Waals surface area contributed by atoms with Gasteiger partial charge in [0.25, 0.3) is 5.91 Å². The molecule has 1 N–H and O–H groups in total. The van der Waals surface area contributed by atoms with Crippen LogP contribution >= 0.6 is 11.6 Å². The molecule has 3 aromatic rings. The largest absolute Gasteiger partial charge is 0.497 e. The van der Waals surface area contributed by atoms with Gasteiger partial charge in [-0.05, 0) is 50.8 Å². The van der Waals surface area contributed by atoms with Gasteiger partial charge in [-0.15, -0.1) is 0 Å². The first-order valence-electron chi connectivity index (χ1n) is 9.32. The Morgan fingerprint density at radius 2 is 1.97 bits per heavy atom. The number of hydrogen-bond donors (Lipinski definition) is 1. The van der Waals surface area contributed by atoms with E-state index in [-0.39, 0.29) is 33.6 Å². The zero-order chi connectivity index (χ0) is 21.8. The zero-order valence-corrected chi connectivity index (χ0v) is 18.0. The molecule has 1 atom stereocenters. The van der Waals surface area contributed by atoms with E-state index in [1.807, 2.05) is 43.3 Å². The lowest BCUT2D eigenvalue weighted by Gasteiger charge is -2.25. The molecule has 0 saturated carbocycles.